The number of benzene rings is 2. The van der Waals surface area contributed by atoms with E-state index in [-0.39, 0.29) is 9.92 Å². The second-order valence-electron chi connectivity index (χ2n) is 5.81. The van der Waals surface area contributed by atoms with Crippen LogP contribution in [0, 0.1) is 0 Å². The monoisotopic (exact) mass is 364 g/mol. The van der Waals surface area contributed by atoms with Gasteiger partial charge in [-0.15, -0.1) is 0 Å². The van der Waals surface area contributed by atoms with Crippen molar-refractivity contribution in [2.24, 2.45) is 0 Å². The molecule has 2 aromatic carbocycles. The molecule has 5 nitrogen and oxygen atoms in total. The van der Waals surface area contributed by atoms with Crippen molar-refractivity contribution >= 4 is 20.9 Å². The van der Waals surface area contributed by atoms with Gasteiger partial charge in [0.1, 0.15) is 17.3 Å². The van der Waals surface area contributed by atoms with Crippen LogP contribution in [0.1, 0.15) is 5.56 Å². The maximum Gasteiger partial charge on any atom is 0.221 e. The molecule has 26 heavy (non-hydrogen) atoms. The molecular weight excluding hydrogens is 348 g/mol. The third kappa shape index (κ3) is 3.19. The van der Waals surface area contributed by atoms with Gasteiger partial charge < -0.3 is 9.72 Å². The Labute approximate surface area is 151 Å². The number of nitrogens with zero attached hydrogens (tertiary/aromatic N) is 1. The van der Waals surface area contributed by atoms with Gasteiger partial charge in [-0.3, -0.25) is 0 Å². The van der Waals surface area contributed by atoms with Crippen LogP contribution in [0.25, 0.3) is 11.0 Å². The van der Waals surface area contributed by atoms with Crippen molar-refractivity contribution in [3.63, 3.8) is 0 Å². The predicted octanol–water partition coefficient (Wildman–Crippen LogP) is 3.97. The first-order chi connectivity index (χ1) is 12.6. The maximum absolute atomic E-state index is 12.7. The Balaban J connectivity index is 1.62. The number of nitrogens with one attached hydrogen (secondary N) is 1. The summed E-state index contributed by atoms with van der Waals surface area (Å²) in [5.74, 6) is 0.437. The summed E-state index contributed by atoms with van der Waals surface area (Å²) >= 11 is 0. The molecule has 0 aliphatic carbocycles. The van der Waals surface area contributed by atoms with Gasteiger partial charge in [-0.25, -0.2) is 8.42 Å². The summed E-state index contributed by atoms with van der Waals surface area (Å²) in [6.07, 6.45) is 0. The number of aromatic amines is 1. The molecule has 0 amide bonds. The molecule has 2 heterocycles. The number of rotatable bonds is 5. The fraction of sp³-hybridized carbons (Fsp3) is 0.0500. The van der Waals surface area contributed by atoms with E-state index in [0.29, 0.717) is 23.5 Å². The molecule has 0 bridgehead atoms. The summed E-state index contributed by atoms with van der Waals surface area (Å²) < 4.78 is 31.1. The molecule has 0 aliphatic rings. The van der Waals surface area contributed by atoms with Crippen molar-refractivity contribution in [2.45, 2.75) is 16.5 Å². The van der Waals surface area contributed by atoms with E-state index in [1.165, 1.54) is 0 Å². The number of fused-ring (bicyclic) bond motifs is 1. The van der Waals surface area contributed by atoms with Crippen LogP contribution >= 0.6 is 0 Å². The fourth-order valence-electron chi connectivity index (χ4n) is 2.65. The molecule has 6 heteroatoms. The van der Waals surface area contributed by atoms with Crippen molar-refractivity contribution in [3.05, 3.63) is 84.4 Å². The first-order valence-corrected chi connectivity index (χ1v) is 9.58. The molecule has 0 atom stereocenters. The van der Waals surface area contributed by atoms with Crippen molar-refractivity contribution in [1.82, 2.24) is 9.97 Å². The number of hydrogen-bond donors (Lipinski definition) is 1. The molecule has 0 aliphatic heterocycles. The number of H-pyrrole nitrogens is 1. The lowest BCUT2D eigenvalue weighted by atomic mass is 10.2. The Kier molecular flexibility index (Phi) is 4.18. The topological polar surface area (TPSA) is 72.1 Å². The van der Waals surface area contributed by atoms with Crippen LogP contribution in [0.4, 0.5) is 0 Å². The molecule has 0 saturated heterocycles. The summed E-state index contributed by atoms with van der Waals surface area (Å²) in [5.41, 5.74) is 1.51. The second kappa shape index (κ2) is 6.65. The number of sulfone groups is 1. The minimum atomic E-state index is -3.61. The predicted molar refractivity (Wildman–Crippen MR) is 98.8 cm³/mol. The number of ether oxygens (including phenoxy) is 1. The highest BCUT2D eigenvalue weighted by molar-refractivity contribution is 7.91. The highest BCUT2D eigenvalue weighted by Gasteiger charge is 2.20. The van der Waals surface area contributed by atoms with E-state index in [1.54, 1.807) is 48.5 Å². The first-order valence-electron chi connectivity index (χ1n) is 8.09. The Morgan fingerprint density at radius 1 is 0.885 bits per heavy atom. The largest absolute Gasteiger partial charge is 0.473 e. The minimum absolute atomic E-state index is 0.117. The summed E-state index contributed by atoms with van der Waals surface area (Å²) in [5, 5.41) is 0.831. The van der Waals surface area contributed by atoms with Crippen LogP contribution in [0.2, 0.25) is 0 Å². The average molecular weight is 364 g/mol. The minimum Gasteiger partial charge on any atom is -0.473 e. The molecule has 4 aromatic rings. The van der Waals surface area contributed by atoms with E-state index in [0.717, 1.165) is 5.56 Å². The van der Waals surface area contributed by atoms with Crippen LogP contribution < -0.4 is 4.74 Å². The molecule has 0 spiro atoms. The zero-order valence-corrected chi connectivity index (χ0v) is 14.6. The highest BCUT2D eigenvalue weighted by atomic mass is 32.2. The van der Waals surface area contributed by atoms with Crippen molar-refractivity contribution < 1.29 is 13.2 Å². The number of hydrogen-bond acceptors (Lipinski definition) is 4. The zero-order valence-electron chi connectivity index (χ0n) is 13.8. The van der Waals surface area contributed by atoms with Crippen LogP contribution in [0.15, 0.2) is 88.8 Å². The third-order valence-corrected chi connectivity index (χ3v) is 5.69. The number of aromatic nitrogens is 2. The molecule has 130 valence electrons. The van der Waals surface area contributed by atoms with Crippen LogP contribution in [-0.4, -0.2) is 18.4 Å². The average Bonchev–Trinajstić information content (AvgIpc) is 3.12. The van der Waals surface area contributed by atoms with E-state index >= 15 is 0 Å². The van der Waals surface area contributed by atoms with Crippen LogP contribution in [0.3, 0.4) is 0 Å². The van der Waals surface area contributed by atoms with Gasteiger partial charge in [0, 0.05) is 11.5 Å². The van der Waals surface area contributed by atoms with Gasteiger partial charge in [0.15, 0.2) is 0 Å². The summed E-state index contributed by atoms with van der Waals surface area (Å²) in [6.45, 7) is 0.398. The first kappa shape index (κ1) is 16.4. The molecular formula is C20H16N2O3S. The van der Waals surface area contributed by atoms with Gasteiger partial charge in [0.25, 0.3) is 0 Å². The SMILES string of the molecule is O=S(=O)(c1ccccc1)c1cc2ccc(OCc3ccccc3)nc2[nH]1. The van der Waals surface area contributed by atoms with E-state index in [2.05, 4.69) is 9.97 Å². The van der Waals surface area contributed by atoms with Gasteiger partial charge in [0.05, 0.1) is 4.90 Å². The lowest BCUT2D eigenvalue weighted by Crippen LogP contribution is -2.01. The van der Waals surface area contributed by atoms with Crippen molar-refractivity contribution in [1.29, 1.82) is 0 Å². The number of pyridine rings is 1. The Hall–Kier alpha value is -3.12. The van der Waals surface area contributed by atoms with E-state index in [4.69, 9.17) is 4.74 Å². The molecule has 0 fully saturated rings. The Morgan fingerprint density at radius 2 is 1.58 bits per heavy atom. The van der Waals surface area contributed by atoms with Gasteiger partial charge in [0.2, 0.25) is 15.7 Å². The Bertz CT molecular complexity index is 1140. The fourth-order valence-corrected chi connectivity index (χ4v) is 3.93. The lowest BCUT2D eigenvalue weighted by molar-refractivity contribution is 0.295. The molecule has 0 unspecified atom stereocenters. The van der Waals surface area contributed by atoms with Crippen LogP contribution in [-0.2, 0) is 16.4 Å². The molecule has 0 radical (unpaired) electrons. The smallest absolute Gasteiger partial charge is 0.221 e. The van der Waals surface area contributed by atoms with Crippen molar-refractivity contribution in [3.8, 4) is 5.88 Å². The Morgan fingerprint density at radius 3 is 2.31 bits per heavy atom. The molecule has 0 saturated carbocycles. The molecule has 2 aromatic heterocycles. The highest BCUT2D eigenvalue weighted by Crippen LogP contribution is 2.25. The molecule has 1 N–H and O–H groups in total. The lowest BCUT2D eigenvalue weighted by Gasteiger charge is -2.05. The quantitative estimate of drug-likeness (QED) is 0.581. The zero-order chi connectivity index (χ0) is 18.0. The standard InChI is InChI=1S/C20H16N2O3S/c23-26(24,17-9-5-2-6-10-17)19-13-16-11-12-18(21-20(16)22-19)25-14-15-7-3-1-4-8-15/h1-13H,14H2,(H,21,22). The summed E-state index contributed by atoms with van der Waals surface area (Å²) in [7, 11) is -3.61. The van der Waals surface area contributed by atoms with E-state index < -0.39 is 9.84 Å². The normalized spacial score (nSPS) is 11.5. The summed E-state index contributed by atoms with van der Waals surface area (Å²) in [6, 6.07) is 23.2. The van der Waals surface area contributed by atoms with Gasteiger partial charge in [-0.2, -0.15) is 4.98 Å². The third-order valence-electron chi connectivity index (χ3n) is 4.00. The van der Waals surface area contributed by atoms with E-state index in [1.807, 2.05) is 30.3 Å². The van der Waals surface area contributed by atoms with Gasteiger partial charge >= 0.3 is 0 Å². The van der Waals surface area contributed by atoms with Gasteiger partial charge in [-0.1, -0.05) is 48.5 Å². The van der Waals surface area contributed by atoms with Crippen LogP contribution in [0.5, 0.6) is 5.88 Å². The van der Waals surface area contributed by atoms with Gasteiger partial charge in [-0.05, 0) is 29.8 Å². The molecule has 4 rings (SSSR count). The van der Waals surface area contributed by atoms with E-state index in [9.17, 15) is 8.42 Å². The van der Waals surface area contributed by atoms with Crippen molar-refractivity contribution in [2.75, 3.05) is 0 Å². The summed E-state index contributed by atoms with van der Waals surface area (Å²) in [4.78, 5) is 7.51. The second-order valence-corrected chi connectivity index (χ2v) is 7.73. The maximum atomic E-state index is 12.7.